The summed E-state index contributed by atoms with van der Waals surface area (Å²) in [6, 6.07) is 7.70. The van der Waals surface area contributed by atoms with Crippen LogP contribution in [0.1, 0.15) is 74.8 Å². The molecule has 0 aromatic heterocycles. The molecule has 0 saturated carbocycles. The van der Waals surface area contributed by atoms with Crippen LogP contribution in [0.3, 0.4) is 0 Å². The monoisotopic (exact) mass is 361 g/mol. The van der Waals surface area contributed by atoms with Crippen LogP contribution >= 0.6 is 0 Å². The van der Waals surface area contributed by atoms with Gasteiger partial charge in [-0.25, -0.2) is 0 Å². The number of hydrogen-bond acceptors (Lipinski definition) is 0. The quantitative estimate of drug-likeness (QED) is 0.493. The van der Waals surface area contributed by atoms with Crippen molar-refractivity contribution in [1.82, 2.24) is 0 Å². The summed E-state index contributed by atoms with van der Waals surface area (Å²) >= 11 is 0. The molecule has 0 saturated heterocycles. The molecule has 0 aliphatic rings. The molecule has 1 aromatic carbocycles. The van der Waals surface area contributed by atoms with Crippen LogP contribution in [0, 0.1) is 6.92 Å². The van der Waals surface area contributed by atoms with Crippen molar-refractivity contribution in [2.75, 3.05) is 0 Å². The molecule has 137 valence electrons. The fourth-order valence-corrected chi connectivity index (χ4v) is 15.9. The summed E-state index contributed by atoms with van der Waals surface area (Å²) in [5, 5.41) is 3.40. The topological polar surface area (TPSA) is 0 Å². The minimum absolute atomic E-state index is 0.514. The van der Waals surface area contributed by atoms with Crippen molar-refractivity contribution in [3.05, 3.63) is 23.8 Å². The number of benzene rings is 1. The van der Waals surface area contributed by atoms with Crippen LogP contribution in [-0.2, 0) is 0 Å². The van der Waals surface area contributed by atoms with Crippen LogP contribution in [0.2, 0.25) is 27.7 Å². The molecule has 1 aromatic rings. The lowest BCUT2D eigenvalue weighted by atomic mass is 10.2. The van der Waals surface area contributed by atoms with Gasteiger partial charge in [-0.05, 0) is 34.6 Å². The Kier molecular flexibility index (Phi) is 7.55. The molecule has 0 bridgehead atoms. The Balaban J connectivity index is 3.64. The molecule has 0 aliphatic carbocycles. The third-order valence-corrected chi connectivity index (χ3v) is 16.5. The van der Waals surface area contributed by atoms with Gasteiger partial charge in [0, 0.05) is 0 Å². The summed E-state index contributed by atoms with van der Waals surface area (Å²) in [4.78, 5) is 0. The lowest BCUT2D eigenvalue weighted by Crippen LogP contribution is -2.57. The minimum atomic E-state index is -1.57. The average molecular weight is 362 g/mol. The van der Waals surface area contributed by atoms with Crippen molar-refractivity contribution in [3.8, 4) is 0 Å². The molecule has 0 amide bonds. The molecule has 0 unspecified atom stereocenters. The minimum Gasteiger partial charge on any atom is -0.0650 e. The molecule has 1 radical (unpaired) electrons. The fraction of sp³-hybridized carbons (Fsp3) is 0.727. The second-order valence-corrected chi connectivity index (χ2v) is 19.0. The van der Waals surface area contributed by atoms with Gasteiger partial charge in [-0.15, -0.1) is 0 Å². The number of hydrogen-bond donors (Lipinski definition) is 0. The van der Waals surface area contributed by atoms with Crippen molar-refractivity contribution in [3.63, 3.8) is 0 Å². The van der Waals surface area contributed by atoms with Gasteiger partial charge in [0.1, 0.15) is 0 Å². The van der Waals surface area contributed by atoms with E-state index in [0.717, 1.165) is 27.7 Å². The summed E-state index contributed by atoms with van der Waals surface area (Å²) < 4.78 is 0. The van der Waals surface area contributed by atoms with E-state index < -0.39 is 16.9 Å². The molecule has 0 nitrogen and oxygen atoms in total. The normalized spacial score (nSPS) is 13.4. The molecule has 2 heteroatoms. The lowest BCUT2D eigenvalue weighted by Gasteiger charge is -2.44. The second kappa shape index (κ2) is 8.36. The summed E-state index contributed by atoms with van der Waals surface area (Å²) in [5.41, 5.74) is 5.39. The molecule has 0 N–H and O–H groups in total. The first kappa shape index (κ1) is 21.7. The third-order valence-electron chi connectivity index (χ3n) is 6.02. The van der Waals surface area contributed by atoms with Gasteiger partial charge < -0.3 is 0 Å². The highest BCUT2D eigenvalue weighted by Crippen LogP contribution is 2.41. The zero-order valence-corrected chi connectivity index (χ0v) is 20.1. The van der Waals surface area contributed by atoms with E-state index in [0.29, 0.717) is 0 Å². The van der Waals surface area contributed by atoms with Crippen molar-refractivity contribution in [2.24, 2.45) is 0 Å². The first-order valence-corrected chi connectivity index (χ1v) is 13.8. The maximum atomic E-state index is 2.66. The van der Waals surface area contributed by atoms with E-state index in [9.17, 15) is 0 Å². The highest BCUT2D eigenvalue weighted by Gasteiger charge is 2.44. The number of aryl methyl sites for hydroxylation is 1. The maximum Gasteiger partial charge on any atom is 0.0942 e. The van der Waals surface area contributed by atoms with E-state index in [-0.39, 0.29) is 0 Å². The maximum absolute atomic E-state index is 2.66. The van der Waals surface area contributed by atoms with Crippen LogP contribution in [0.5, 0.6) is 0 Å². The van der Waals surface area contributed by atoms with Crippen LogP contribution in [0.25, 0.3) is 0 Å². The Morgan fingerprint density at radius 3 is 1.42 bits per heavy atom. The van der Waals surface area contributed by atoms with E-state index in [4.69, 9.17) is 0 Å². The van der Waals surface area contributed by atoms with Gasteiger partial charge in [-0.2, -0.15) is 0 Å². The molecule has 24 heavy (non-hydrogen) atoms. The largest absolute Gasteiger partial charge is 0.0942 e. The van der Waals surface area contributed by atoms with Crippen LogP contribution in [-0.4, -0.2) is 16.9 Å². The van der Waals surface area contributed by atoms with Gasteiger partial charge in [0.15, 0.2) is 0 Å². The van der Waals surface area contributed by atoms with Crippen LogP contribution in [0.4, 0.5) is 0 Å². The Morgan fingerprint density at radius 2 is 1.08 bits per heavy atom. The highest BCUT2D eigenvalue weighted by atomic mass is 28.3. The zero-order chi connectivity index (χ0) is 18.8. The first-order valence-electron chi connectivity index (χ1n) is 9.95. The standard InChI is InChI=1S/C22H41Si2/c1-15(2)23(16(3)4)21-12-20(11)13-22(14-21)24(17(5)6,18(7)8)19(9)10/h12-19H,1-11H3. The van der Waals surface area contributed by atoms with E-state index in [2.05, 4.69) is 94.4 Å². The Bertz CT molecular complexity index is 497. The second-order valence-electron chi connectivity index (χ2n) is 9.25. The average Bonchev–Trinajstić information content (AvgIpc) is 2.35. The molecule has 0 fully saturated rings. The SMILES string of the molecule is Cc1cc([Si](C(C)C)C(C)C)cc([Si](C(C)C)(C(C)C)C(C)C)c1. The van der Waals surface area contributed by atoms with E-state index in [1.807, 2.05) is 0 Å². The van der Waals surface area contributed by atoms with Crippen LogP contribution in [0.15, 0.2) is 18.2 Å². The van der Waals surface area contributed by atoms with Gasteiger partial charge in [0.05, 0.1) is 16.9 Å². The fourth-order valence-electron chi connectivity index (χ4n) is 5.53. The van der Waals surface area contributed by atoms with E-state index in [1.54, 1.807) is 10.4 Å². The summed E-state index contributed by atoms with van der Waals surface area (Å²) in [7, 11) is -2.08. The molecule has 0 heterocycles. The lowest BCUT2D eigenvalue weighted by molar-refractivity contribution is 0.835. The van der Waals surface area contributed by atoms with Crippen molar-refractivity contribution < 1.29 is 0 Å². The summed E-state index contributed by atoms with van der Waals surface area (Å²) in [5.74, 6) is 0. The molecular weight excluding hydrogens is 320 g/mol. The van der Waals surface area contributed by atoms with Gasteiger partial charge >= 0.3 is 0 Å². The smallest absolute Gasteiger partial charge is 0.0650 e. The predicted octanol–water partition coefficient (Wildman–Crippen LogP) is 6.40. The summed E-state index contributed by atoms with van der Waals surface area (Å²) in [6.07, 6.45) is 0. The Labute approximate surface area is 155 Å². The van der Waals surface area contributed by atoms with Crippen molar-refractivity contribution in [2.45, 2.75) is 104 Å². The predicted molar refractivity (Wildman–Crippen MR) is 117 cm³/mol. The molecule has 0 spiro atoms. The molecule has 0 aliphatic heterocycles. The van der Waals surface area contributed by atoms with Gasteiger partial charge in [0.2, 0.25) is 0 Å². The molecular formula is C22H41Si2. The molecule has 1 rings (SSSR count). The first-order chi connectivity index (χ1) is 11.0. The van der Waals surface area contributed by atoms with Gasteiger partial charge in [-0.1, -0.05) is 103 Å². The summed E-state index contributed by atoms with van der Waals surface area (Å²) in [6.45, 7) is 26.9. The number of rotatable bonds is 7. The van der Waals surface area contributed by atoms with Crippen molar-refractivity contribution in [1.29, 1.82) is 0 Å². The highest BCUT2D eigenvalue weighted by molar-refractivity contribution is 6.95. The third kappa shape index (κ3) is 4.07. The van der Waals surface area contributed by atoms with Gasteiger partial charge in [0.25, 0.3) is 0 Å². The Hall–Kier alpha value is -0.346. The van der Waals surface area contributed by atoms with E-state index >= 15 is 0 Å². The zero-order valence-electron chi connectivity index (χ0n) is 18.1. The molecule has 0 atom stereocenters. The van der Waals surface area contributed by atoms with Crippen molar-refractivity contribution >= 4 is 27.2 Å². The van der Waals surface area contributed by atoms with E-state index in [1.165, 1.54) is 5.56 Å². The van der Waals surface area contributed by atoms with Crippen LogP contribution < -0.4 is 10.4 Å². The Morgan fingerprint density at radius 1 is 0.667 bits per heavy atom. The van der Waals surface area contributed by atoms with Gasteiger partial charge in [-0.3, -0.25) is 0 Å².